The number of hydrogen-bond donors (Lipinski definition) is 4. The van der Waals surface area contributed by atoms with Gasteiger partial charge in [0, 0.05) is 17.7 Å². The van der Waals surface area contributed by atoms with Crippen LogP contribution in [0.3, 0.4) is 0 Å². The van der Waals surface area contributed by atoms with Crippen LogP contribution < -0.4 is 10.6 Å². The third-order valence-corrected chi connectivity index (χ3v) is 7.59. The number of amides is 1. The van der Waals surface area contributed by atoms with Gasteiger partial charge in [0.1, 0.15) is 23.2 Å². The maximum Gasteiger partial charge on any atom is 0.338 e. The van der Waals surface area contributed by atoms with Gasteiger partial charge in [-0.2, -0.15) is 0 Å². The number of halogens is 2. The van der Waals surface area contributed by atoms with Crippen LogP contribution >= 0.6 is 0 Å². The van der Waals surface area contributed by atoms with Crippen molar-refractivity contribution in [2.24, 2.45) is 0 Å². The summed E-state index contributed by atoms with van der Waals surface area (Å²) in [5, 5.41) is 26.9. The van der Waals surface area contributed by atoms with E-state index in [1.54, 1.807) is 12.1 Å². The van der Waals surface area contributed by atoms with Gasteiger partial charge in [0.05, 0.1) is 11.6 Å². The van der Waals surface area contributed by atoms with Crippen LogP contribution in [0.1, 0.15) is 100 Å². The van der Waals surface area contributed by atoms with Gasteiger partial charge in [0.15, 0.2) is 17.4 Å². The number of carbonyl (C=O) groups excluding carboxylic acids is 3. The van der Waals surface area contributed by atoms with E-state index in [1.165, 1.54) is 24.3 Å². The highest BCUT2D eigenvalue weighted by atomic mass is 19.2. The molecule has 0 spiro atoms. The van der Waals surface area contributed by atoms with Gasteiger partial charge in [-0.3, -0.25) is 9.59 Å². The zero-order chi connectivity index (χ0) is 31.4. The van der Waals surface area contributed by atoms with Gasteiger partial charge in [-0.15, -0.1) is 0 Å². The molecule has 0 bridgehead atoms. The van der Waals surface area contributed by atoms with Crippen LogP contribution in [0.15, 0.2) is 48.5 Å². The number of nitrogens with one attached hydrogen (secondary N) is 2. The van der Waals surface area contributed by atoms with E-state index >= 15 is 0 Å². The van der Waals surface area contributed by atoms with Gasteiger partial charge in [-0.25, -0.2) is 13.6 Å². The molecule has 1 heterocycles. The Kier molecular flexibility index (Phi) is 9.80. The molecule has 0 unspecified atom stereocenters. The molecule has 1 aliphatic heterocycles. The minimum Gasteiger partial charge on any atom is -0.507 e. The smallest absolute Gasteiger partial charge is 0.338 e. The van der Waals surface area contributed by atoms with Crippen LogP contribution in [0.2, 0.25) is 0 Å². The van der Waals surface area contributed by atoms with E-state index < -0.39 is 46.8 Å². The van der Waals surface area contributed by atoms with Gasteiger partial charge in [0.2, 0.25) is 0 Å². The van der Waals surface area contributed by atoms with Crippen molar-refractivity contribution in [3.8, 4) is 11.5 Å². The molecule has 228 valence electrons. The third-order valence-electron chi connectivity index (χ3n) is 7.59. The highest BCUT2D eigenvalue weighted by Crippen LogP contribution is 2.35. The third kappa shape index (κ3) is 7.02. The predicted molar refractivity (Wildman–Crippen MR) is 157 cm³/mol. The first-order valence-corrected chi connectivity index (χ1v) is 14.3. The number of carbonyl (C=O) groups is 3. The minimum atomic E-state index is -1.46. The molecule has 0 aromatic heterocycles. The molecule has 1 saturated heterocycles. The number of phenolic OH excluding ortho intramolecular Hbond substituents is 2. The Morgan fingerprint density at radius 2 is 1.51 bits per heavy atom. The zero-order valence-electron chi connectivity index (χ0n) is 24.5. The normalized spacial score (nSPS) is 17.0. The van der Waals surface area contributed by atoms with E-state index in [2.05, 4.69) is 10.6 Å². The van der Waals surface area contributed by atoms with Gasteiger partial charge in [-0.05, 0) is 78.7 Å². The predicted octanol–water partition coefficient (Wildman–Crippen LogP) is 5.56. The Morgan fingerprint density at radius 3 is 2.12 bits per heavy atom. The Bertz CT molecular complexity index is 1490. The van der Waals surface area contributed by atoms with Crippen LogP contribution in [0.5, 0.6) is 11.5 Å². The molecule has 1 amide bonds. The summed E-state index contributed by atoms with van der Waals surface area (Å²) in [6.07, 6.45) is 0.536. The Morgan fingerprint density at radius 1 is 0.907 bits per heavy atom. The quantitative estimate of drug-likeness (QED) is 0.199. The van der Waals surface area contributed by atoms with Crippen molar-refractivity contribution in [3.05, 3.63) is 93.5 Å². The first-order chi connectivity index (χ1) is 20.4. The molecule has 4 rings (SSSR count). The van der Waals surface area contributed by atoms with Crippen molar-refractivity contribution < 1.29 is 38.1 Å². The molecule has 3 aromatic carbocycles. The summed E-state index contributed by atoms with van der Waals surface area (Å²) in [5.41, 5.74) is 1.02. The van der Waals surface area contributed by atoms with Crippen molar-refractivity contribution in [2.45, 2.75) is 64.5 Å². The summed E-state index contributed by atoms with van der Waals surface area (Å²) >= 11 is 0. The second-order valence-electron chi connectivity index (χ2n) is 11.3. The standard InChI is InChI=1S/C33H36F2N2O6/c1-17(2)22-14-21(15-23(18(3)4)31(22)40)32(41)37-25-16-36-13-5-6-27(25)43-33(42)20-9-7-19(8-10-20)30(39)28-26(38)12-11-24(34)29(28)35/h7-12,14-15,17-18,25,27,36,38,40H,5-6,13,16H2,1-4H3,(H,37,41)/t25-,27-/m1/s1. The second-order valence-corrected chi connectivity index (χ2v) is 11.3. The first kappa shape index (κ1) is 31.6. The molecule has 0 saturated carbocycles. The Hall–Kier alpha value is -4.31. The monoisotopic (exact) mass is 594 g/mol. The van der Waals surface area contributed by atoms with E-state index in [9.17, 15) is 33.4 Å². The summed E-state index contributed by atoms with van der Waals surface area (Å²) in [6, 6.07) is 9.61. The number of rotatable bonds is 8. The number of benzene rings is 3. The molecule has 8 nitrogen and oxygen atoms in total. The molecule has 1 fully saturated rings. The molecule has 4 N–H and O–H groups in total. The lowest BCUT2D eigenvalue weighted by atomic mass is 9.91. The molecule has 0 radical (unpaired) electrons. The van der Waals surface area contributed by atoms with Crippen LogP contribution in [-0.4, -0.2) is 53.1 Å². The van der Waals surface area contributed by atoms with Crippen molar-refractivity contribution in [1.82, 2.24) is 10.6 Å². The van der Waals surface area contributed by atoms with E-state index in [0.717, 1.165) is 12.1 Å². The fraction of sp³-hybridized carbons (Fsp3) is 0.364. The number of esters is 1. The van der Waals surface area contributed by atoms with Crippen molar-refractivity contribution in [1.29, 1.82) is 0 Å². The van der Waals surface area contributed by atoms with Crippen LogP contribution in [-0.2, 0) is 4.74 Å². The first-order valence-electron chi connectivity index (χ1n) is 14.3. The van der Waals surface area contributed by atoms with E-state index in [4.69, 9.17) is 4.74 Å². The van der Waals surface area contributed by atoms with Gasteiger partial charge in [0.25, 0.3) is 5.91 Å². The lowest BCUT2D eigenvalue weighted by molar-refractivity contribution is 0.0192. The minimum absolute atomic E-state index is 0.00115. The number of hydrogen-bond acceptors (Lipinski definition) is 7. The fourth-order valence-electron chi connectivity index (χ4n) is 5.11. The second kappa shape index (κ2) is 13.3. The van der Waals surface area contributed by atoms with Gasteiger partial charge < -0.3 is 25.6 Å². The van der Waals surface area contributed by atoms with Crippen molar-refractivity contribution >= 4 is 17.7 Å². The molecular formula is C33H36F2N2O6. The average molecular weight is 595 g/mol. The van der Waals surface area contributed by atoms with E-state index in [-0.39, 0.29) is 34.6 Å². The molecule has 0 aliphatic carbocycles. The van der Waals surface area contributed by atoms with Crippen LogP contribution in [0, 0.1) is 11.6 Å². The van der Waals surface area contributed by atoms with Crippen LogP contribution in [0.25, 0.3) is 0 Å². The van der Waals surface area contributed by atoms with E-state index in [1.807, 2.05) is 27.7 Å². The zero-order valence-corrected chi connectivity index (χ0v) is 24.5. The van der Waals surface area contributed by atoms with Crippen molar-refractivity contribution in [3.63, 3.8) is 0 Å². The largest absolute Gasteiger partial charge is 0.507 e. The molecule has 43 heavy (non-hydrogen) atoms. The lowest BCUT2D eigenvalue weighted by Gasteiger charge is -2.26. The molecular weight excluding hydrogens is 558 g/mol. The topological polar surface area (TPSA) is 125 Å². The maximum absolute atomic E-state index is 14.2. The molecule has 3 aromatic rings. The summed E-state index contributed by atoms with van der Waals surface area (Å²) in [4.78, 5) is 39.2. The van der Waals surface area contributed by atoms with Gasteiger partial charge in [-0.1, -0.05) is 39.8 Å². The highest BCUT2D eigenvalue weighted by Gasteiger charge is 2.30. The number of aromatic hydroxyl groups is 2. The van der Waals surface area contributed by atoms with Gasteiger partial charge >= 0.3 is 5.97 Å². The Labute approximate surface area is 249 Å². The summed E-state index contributed by atoms with van der Waals surface area (Å²) in [7, 11) is 0. The number of ether oxygens (including phenoxy) is 1. The van der Waals surface area contributed by atoms with Crippen molar-refractivity contribution in [2.75, 3.05) is 13.1 Å². The van der Waals surface area contributed by atoms with Crippen LogP contribution in [0.4, 0.5) is 8.78 Å². The highest BCUT2D eigenvalue weighted by molar-refractivity contribution is 6.11. The average Bonchev–Trinajstić information content (AvgIpc) is 3.19. The fourth-order valence-corrected chi connectivity index (χ4v) is 5.11. The molecule has 10 heteroatoms. The Balaban J connectivity index is 1.50. The maximum atomic E-state index is 14.2. The molecule has 2 atom stereocenters. The number of phenols is 2. The van der Waals surface area contributed by atoms with E-state index in [0.29, 0.717) is 42.6 Å². The molecule has 1 aliphatic rings. The SMILES string of the molecule is CC(C)c1cc(C(=O)N[C@@H]2CNCCC[C@H]2OC(=O)c2ccc(C(=O)c3c(O)ccc(F)c3F)cc2)cc(C(C)C)c1O. The number of ketones is 1. The summed E-state index contributed by atoms with van der Waals surface area (Å²) < 4.78 is 33.6. The lowest BCUT2D eigenvalue weighted by Crippen LogP contribution is -2.49. The summed E-state index contributed by atoms with van der Waals surface area (Å²) in [5.74, 6) is -5.22. The summed E-state index contributed by atoms with van der Waals surface area (Å²) in [6.45, 7) is 8.81.